The molecular weight excluding hydrogens is 348 g/mol. The summed E-state index contributed by atoms with van der Waals surface area (Å²) in [6, 6.07) is 2.04. The van der Waals surface area contributed by atoms with Crippen molar-refractivity contribution in [3.05, 3.63) is 33.2 Å². The number of hydrogen-bond acceptors (Lipinski definition) is 4. The minimum absolute atomic E-state index is 0.143. The standard InChI is InChI=1S/C12H9BrN2O2S2/c13-7-3-10(18-5-7)9-4-15-8(1-2-11(16)17)6-19-12(15)14-9/h3-6H,1-2H2,(H,16,17). The Balaban J connectivity index is 1.95. The SMILES string of the molecule is O=C(O)CCc1csc2nc(-c3cc(Br)cs3)cn12. The van der Waals surface area contributed by atoms with E-state index < -0.39 is 5.97 Å². The molecule has 19 heavy (non-hydrogen) atoms. The summed E-state index contributed by atoms with van der Waals surface area (Å²) < 4.78 is 3.03. The molecule has 1 N–H and O–H groups in total. The molecule has 0 radical (unpaired) electrons. The smallest absolute Gasteiger partial charge is 0.303 e. The molecular formula is C12H9BrN2O2S2. The van der Waals surface area contributed by atoms with Gasteiger partial charge in [-0.1, -0.05) is 0 Å². The summed E-state index contributed by atoms with van der Waals surface area (Å²) in [6.45, 7) is 0. The van der Waals surface area contributed by atoms with Crippen LogP contribution in [0.1, 0.15) is 12.1 Å². The second kappa shape index (κ2) is 5.07. The Labute approximate surface area is 125 Å². The van der Waals surface area contributed by atoms with Gasteiger partial charge in [-0.25, -0.2) is 4.98 Å². The third-order valence-corrected chi connectivity index (χ3v) is 5.30. The summed E-state index contributed by atoms with van der Waals surface area (Å²) in [6.07, 6.45) is 2.64. The second-order valence-electron chi connectivity index (χ2n) is 4.03. The van der Waals surface area contributed by atoms with Crippen LogP contribution in [0, 0.1) is 0 Å². The number of carboxylic acid groups (broad SMARTS) is 1. The Morgan fingerprint density at radius 2 is 2.26 bits per heavy atom. The van der Waals surface area contributed by atoms with E-state index in [0.717, 1.165) is 25.7 Å². The van der Waals surface area contributed by atoms with Gasteiger partial charge in [0.25, 0.3) is 0 Å². The molecule has 0 unspecified atom stereocenters. The molecule has 0 aliphatic heterocycles. The lowest BCUT2D eigenvalue weighted by Gasteiger charge is -1.95. The van der Waals surface area contributed by atoms with Gasteiger partial charge in [0.1, 0.15) is 5.69 Å². The van der Waals surface area contributed by atoms with E-state index in [4.69, 9.17) is 5.11 Å². The molecule has 0 spiro atoms. The first-order valence-corrected chi connectivity index (χ1v) is 8.10. The van der Waals surface area contributed by atoms with Gasteiger partial charge in [-0.15, -0.1) is 22.7 Å². The molecule has 0 aliphatic carbocycles. The van der Waals surface area contributed by atoms with Crippen molar-refractivity contribution < 1.29 is 9.90 Å². The van der Waals surface area contributed by atoms with Crippen molar-refractivity contribution >= 4 is 49.5 Å². The van der Waals surface area contributed by atoms with Gasteiger partial charge in [0.15, 0.2) is 4.96 Å². The fraction of sp³-hybridized carbons (Fsp3) is 0.167. The van der Waals surface area contributed by atoms with Crippen LogP contribution in [0.15, 0.2) is 27.5 Å². The number of carboxylic acids is 1. The molecule has 0 saturated carbocycles. The number of halogens is 1. The van der Waals surface area contributed by atoms with Gasteiger partial charge in [0.05, 0.1) is 11.3 Å². The average molecular weight is 357 g/mol. The monoisotopic (exact) mass is 356 g/mol. The number of thiophene rings is 1. The fourth-order valence-electron chi connectivity index (χ4n) is 1.81. The van der Waals surface area contributed by atoms with E-state index in [1.165, 1.54) is 11.3 Å². The number of aryl methyl sites for hydroxylation is 1. The molecule has 3 aromatic rings. The van der Waals surface area contributed by atoms with Gasteiger partial charge in [-0.3, -0.25) is 9.20 Å². The zero-order valence-electron chi connectivity index (χ0n) is 9.67. The van der Waals surface area contributed by atoms with Crippen LogP contribution in [-0.2, 0) is 11.2 Å². The highest BCUT2D eigenvalue weighted by Gasteiger charge is 2.11. The van der Waals surface area contributed by atoms with Gasteiger partial charge < -0.3 is 5.11 Å². The first-order valence-electron chi connectivity index (χ1n) is 5.55. The summed E-state index contributed by atoms with van der Waals surface area (Å²) >= 11 is 6.61. The van der Waals surface area contributed by atoms with Crippen LogP contribution in [0.4, 0.5) is 0 Å². The van der Waals surface area contributed by atoms with Crippen LogP contribution in [0.25, 0.3) is 15.5 Å². The van der Waals surface area contributed by atoms with E-state index in [-0.39, 0.29) is 6.42 Å². The summed E-state index contributed by atoms with van der Waals surface area (Å²) in [7, 11) is 0. The number of nitrogens with zero attached hydrogens (tertiary/aromatic N) is 2. The molecule has 7 heteroatoms. The molecule has 98 valence electrons. The molecule has 4 nitrogen and oxygen atoms in total. The van der Waals surface area contributed by atoms with Gasteiger partial charge in [-0.2, -0.15) is 0 Å². The number of rotatable bonds is 4. The van der Waals surface area contributed by atoms with Crippen LogP contribution in [0.2, 0.25) is 0 Å². The molecule has 0 fully saturated rings. The highest BCUT2D eigenvalue weighted by molar-refractivity contribution is 9.10. The first kappa shape index (κ1) is 12.8. The molecule has 0 amide bonds. The van der Waals surface area contributed by atoms with E-state index in [2.05, 4.69) is 20.9 Å². The zero-order chi connectivity index (χ0) is 13.4. The van der Waals surface area contributed by atoms with Crippen LogP contribution in [0.5, 0.6) is 0 Å². The van der Waals surface area contributed by atoms with Crippen LogP contribution < -0.4 is 0 Å². The molecule has 0 atom stereocenters. The van der Waals surface area contributed by atoms with Crippen molar-refractivity contribution in [1.29, 1.82) is 0 Å². The Morgan fingerprint density at radius 3 is 2.95 bits per heavy atom. The summed E-state index contributed by atoms with van der Waals surface area (Å²) in [5, 5.41) is 12.7. The van der Waals surface area contributed by atoms with Crippen molar-refractivity contribution in [2.75, 3.05) is 0 Å². The van der Waals surface area contributed by atoms with Gasteiger partial charge in [0, 0.05) is 27.1 Å². The summed E-state index contributed by atoms with van der Waals surface area (Å²) in [5.41, 5.74) is 1.93. The van der Waals surface area contributed by atoms with Crippen molar-refractivity contribution in [3.8, 4) is 10.6 Å². The Kier molecular flexibility index (Phi) is 3.42. The second-order valence-corrected chi connectivity index (χ2v) is 6.69. The van der Waals surface area contributed by atoms with Gasteiger partial charge >= 0.3 is 5.97 Å². The van der Waals surface area contributed by atoms with Gasteiger partial charge in [-0.05, 0) is 28.4 Å². The maximum Gasteiger partial charge on any atom is 0.303 e. The van der Waals surface area contributed by atoms with Crippen molar-refractivity contribution in [3.63, 3.8) is 0 Å². The molecule has 0 saturated heterocycles. The Morgan fingerprint density at radius 1 is 1.42 bits per heavy atom. The van der Waals surface area contributed by atoms with Crippen LogP contribution in [-0.4, -0.2) is 20.5 Å². The molecule has 0 bridgehead atoms. The van der Waals surface area contributed by atoms with Crippen LogP contribution in [0.3, 0.4) is 0 Å². The summed E-state index contributed by atoms with van der Waals surface area (Å²) in [4.78, 5) is 17.2. The molecule has 0 aromatic carbocycles. The molecule has 3 heterocycles. The number of hydrogen-bond donors (Lipinski definition) is 1. The fourth-order valence-corrected chi connectivity index (χ4v) is 4.10. The number of imidazole rings is 1. The largest absolute Gasteiger partial charge is 0.481 e. The number of aromatic nitrogens is 2. The van der Waals surface area contributed by atoms with E-state index in [1.54, 1.807) is 11.3 Å². The van der Waals surface area contributed by atoms with Gasteiger partial charge in [0.2, 0.25) is 0 Å². The Hall–Kier alpha value is -1.18. The molecule has 3 rings (SSSR count). The minimum atomic E-state index is -0.776. The molecule has 3 aromatic heterocycles. The maximum absolute atomic E-state index is 10.6. The third kappa shape index (κ3) is 2.58. The topological polar surface area (TPSA) is 54.6 Å². The predicted octanol–water partition coefficient (Wildman–Crippen LogP) is 3.90. The lowest BCUT2D eigenvalue weighted by molar-refractivity contribution is -0.136. The summed E-state index contributed by atoms with van der Waals surface area (Å²) in [5.74, 6) is -0.776. The number of aliphatic carboxylic acids is 1. The maximum atomic E-state index is 10.6. The van der Waals surface area contributed by atoms with Crippen molar-refractivity contribution in [2.45, 2.75) is 12.8 Å². The minimum Gasteiger partial charge on any atom is -0.481 e. The third-order valence-electron chi connectivity index (χ3n) is 2.70. The number of fused-ring (bicyclic) bond motifs is 1. The van der Waals surface area contributed by atoms with E-state index in [1.807, 2.05) is 27.4 Å². The lowest BCUT2D eigenvalue weighted by atomic mass is 10.2. The zero-order valence-corrected chi connectivity index (χ0v) is 12.9. The number of thiazole rings is 1. The normalized spacial score (nSPS) is 11.2. The highest BCUT2D eigenvalue weighted by atomic mass is 79.9. The highest BCUT2D eigenvalue weighted by Crippen LogP contribution is 2.31. The van der Waals surface area contributed by atoms with Crippen LogP contribution >= 0.6 is 38.6 Å². The first-order chi connectivity index (χ1) is 9.13. The average Bonchev–Trinajstić information content (AvgIpc) is 3.00. The lowest BCUT2D eigenvalue weighted by Crippen LogP contribution is -1.99. The van der Waals surface area contributed by atoms with E-state index in [9.17, 15) is 4.79 Å². The number of carbonyl (C=O) groups is 1. The van der Waals surface area contributed by atoms with E-state index >= 15 is 0 Å². The predicted molar refractivity (Wildman–Crippen MR) is 80.0 cm³/mol. The Bertz CT molecular complexity index is 744. The quantitative estimate of drug-likeness (QED) is 0.770. The van der Waals surface area contributed by atoms with Crippen molar-refractivity contribution in [1.82, 2.24) is 9.38 Å². The van der Waals surface area contributed by atoms with Crippen molar-refractivity contribution in [2.24, 2.45) is 0 Å². The van der Waals surface area contributed by atoms with E-state index in [0.29, 0.717) is 6.42 Å². The molecule has 0 aliphatic rings.